The molecule has 1 saturated heterocycles. The average Bonchev–Trinajstić information content (AvgIpc) is 2.02. The Morgan fingerprint density at radius 1 is 1.42 bits per heavy atom. The maximum Gasteiger partial charge on any atom is 0.0557 e. The first-order valence-corrected chi connectivity index (χ1v) is 4.25. The lowest BCUT2D eigenvalue weighted by atomic mass is 9.97. The number of rotatable bonds is 2. The van der Waals surface area contributed by atoms with E-state index in [2.05, 4.69) is 29.6 Å². The van der Waals surface area contributed by atoms with E-state index in [1.165, 1.54) is 11.3 Å². The Morgan fingerprint density at radius 2 is 2.25 bits per heavy atom. The molecule has 2 rings (SSSR count). The quantitative estimate of drug-likeness (QED) is 0.718. The summed E-state index contributed by atoms with van der Waals surface area (Å²) in [7, 11) is 1.94. The van der Waals surface area contributed by atoms with Crippen molar-refractivity contribution in [2.24, 2.45) is 0 Å². The van der Waals surface area contributed by atoms with Gasteiger partial charge in [-0.25, -0.2) is 0 Å². The van der Waals surface area contributed by atoms with E-state index in [0.717, 1.165) is 13.2 Å². The van der Waals surface area contributed by atoms with Crippen LogP contribution in [-0.4, -0.2) is 20.3 Å². The fraction of sp³-hybridized carbons (Fsp3) is 0.400. The molecule has 0 unspecified atom stereocenters. The molecule has 0 spiro atoms. The molecule has 2 heteroatoms. The molecule has 0 aromatic heterocycles. The van der Waals surface area contributed by atoms with Crippen molar-refractivity contribution in [2.75, 3.05) is 25.6 Å². The minimum absolute atomic E-state index is 0.623. The summed E-state index contributed by atoms with van der Waals surface area (Å²) in [5, 5.41) is 3.13. The fourth-order valence-electron chi connectivity index (χ4n) is 1.38. The van der Waals surface area contributed by atoms with Crippen LogP contribution in [0.3, 0.4) is 0 Å². The van der Waals surface area contributed by atoms with Crippen LogP contribution in [0.5, 0.6) is 0 Å². The third-order valence-electron chi connectivity index (χ3n) is 2.28. The van der Waals surface area contributed by atoms with Crippen molar-refractivity contribution in [2.45, 2.75) is 5.92 Å². The third-order valence-corrected chi connectivity index (χ3v) is 2.28. The van der Waals surface area contributed by atoms with Crippen LogP contribution in [0.2, 0.25) is 0 Å². The van der Waals surface area contributed by atoms with Gasteiger partial charge < -0.3 is 10.1 Å². The van der Waals surface area contributed by atoms with E-state index < -0.39 is 0 Å². The number of hydrogen-bond donors (Lipinski definition) is 1. The summed E-state index contributed by atoms with van der Waals surface area (Å²) in [5.41, 5.74) is 2.56. The predicted molar refractivity (Wildman–Crippen MR) is 49.5 cm³/mol. The van der Waals surface area contributed by atoms with Crippen molar-refractivity contribution in [3.8, 4) is 0 Å². The lowest BCUT2D eigenvalue weighted by Crippen LogP contribution is -2.24. The molecule has 0 bridgehead atoms. The molecular formula is C10H13NO. The first kappa shape index (κ1) is 7.62. The third kappa shape index (κ3) is 1.30. The fourth-order valence-corrected chi connectivity index (χ4v) is 1.38. The van der Waals surface area contributed by atoms with Gasteiger partial charge in [-0.1, -0.05) is 12.1 Å². The Kier molecular flexibility index (Phi) is 2.00. The molecular weight excluding hydrogens is 150 g/mol. The van der Waals surface area contributed by atoms with Gasteiger partial charge in [0, 0.05) is 18.7 Å². The number of anilines is 1. The molecule has 1 fully saturated rings. The number of ether oxygens (including phenoxy) is 1. The highest BCUT2D eigenvalue weighted by Crippen LogP contribution is 2.25. The second kappa shape index (κ2) is 3.15. The predicted octanol–water partition coefficient (Wildman–Crippen LogP) is 1.84. The smallest absolute Gasteiger partial charge is 0.0557 e. The van der Waals surface area contributed by atoms with E-state index in [1.54, 1.807) is 0 Å². The zero-order chi connectivity index (χ0) is 8.39. The SMILES string of the molecule is CNc1cccc(C2COC2)c1. The van der Waals surface area contributed by atoms with E-state index in [-0.39, 0.29) is 0 Å². The number of nitrogens with one attached hydrogen (secondary N) is 1. The van der Waals surface area contributed by atoms with Gasteiger partial charge in [-0.15, -0.1) is 0 Å². The molecule has 0 aliphatic carbocycles. The molecule has 1 aromatic carbocycles. The second-order valence-electron chi connectivity index (χ2n) is 3.11. The monoisotopic (exact) mass is 163 g/mol. The summed E-state index contributed by atoms with van der Waals surface area (Å²) in [6, 6.07) is 8.50. The highest BCUT2D eigenvalue weighted by Gasteiger charge is 2.20. The first-order chi connectivity index (χ1) is 5.90. The maximum absolute atomic E-state index is 5.14. The van der Waals surface area contributed by atoms with E-state index in [9.17, 15) is 0 Å². The molecule has 1 aliphatic heterocycles. The Labute approximate surface area is 72.5 Å². The molecule has 64 valence electrons. The first-order valence-electron chi connectivity index (χ1n) is 4.25. The normalized spacial score (nSPS) is 17.1. The van der Waals surface area contributed by atoms with E-state index >= 15 is 0 Å². The van der Waals surface area contributed by atoms with Crippen LogP contribution in [0.4, 0.5) is 5.69 Å². The number of hydrogen-bond acceptors (Lipinski definition) is 2. The molecule has 1 heterocycles. The van der Waals surface area contributed by atoms with Gasteiger partial charge in [0.15, 0.2) is 0 Å². The van der Waals surface area contributed by atoms with Crippen molar-refractivity contribution in [3.63, 3.8) is 0 Å². The van der Waals surface area contributed by atoms with Crippen LogP contribution in [0.1, 0.15) is 11.5 Å². The van der Waals surface area contributed by atoms with Gasteiger partial charge >= 0.3 is 0 Å². The lowest BCUT2D eigenvalue weighted by Gasteiger charge is -2.26. The van der Waals surface area contributed by atoms with Crippen LogP contribution >= 0.6 is 0 Å². The van der Waals surface area contributed by atoms with Gasteiger partial charge in [0.25, 0.3) is 0 Å². The van der Waals surface area contributed by atoms with Gasteiger partial charge in [-0.3, -0.25) is 0 Å². The molecule has 1 aliphatic rings. The Morgan fingerprint density at radius 3 is 2.83 bits per heavy atom. The Bertz CT molecular complexity index is 268. The average molecular weight is 163 g/mol. The van der Waals surface area contributed by atoms with Crippen LogP contribution in [0.15, 0.2) is 24.3 Å². The highest BCUT2D eigenvalue weighted by molar-refractivity contribution is 5.46. The van der Waals surface area contributed by atoms with Crippen molar-refractivity contribution in [1.82, 2.24) is 0 Å². The Balaban J connectivity index is 2.19. The number of benzene rings is 1. The molecule has 12 heavy (non-hydrogen) atoms. The summed E-state index contributed by atoms with van der Waals surface area (Å²) >= 11 is 0. The summed E-state index contributed by atoms with van der Waals surface area (Å²) in [4.78, 5) is 0. The zero-order valence-corrected chi connectivity index (χ0v) is 7.21. The molecule has 0 radical (unpaired) electrons. The molecule has 0 saturated carbocycles. The highest BCUT2D eigenvalue weighted by atomic mass is 16.5. The van der Waals surface area contributed by atoms with Crippen LogP contribution < -0.4 is 5.32 Å². The van der Waals surface area contributed by atoms with E-state index in [4.69, 9.17) is 4.74 Å². The minimum Gasteiger partial charge on any atom is -0.388 e. The summed E-state index contributed by atoms with van der Waals surface area (Å²) in [6.45, 7) is 1.76. The van der Waals surface area contributed by atoms with E-state index in [0.29, 0.717) is 5.92 Å². The van der Waals surface area contributed by atoms with Crippen LogP contribution in [0.25, 0.3) is 0 Å². The largest absolute Gasteiger partial charge is 0.388 e. The Hall–Kier alpha value is -1.02. The zero-order valence-electron chi connectivity index (χ0n) is 7.21. The molecule has 1 N–H and O–H groups in total. The minimum atomic E-state index is 0.623. The van der Waals surface area contributed by atoms with Gasteiger partial charge in [-0.05, 0) is 17.7 Å². The van der Waals surface area contributed by atoms with Gasteiger partial charge in [0.05, 0.1) is 13.2 Å². The topological polar surface area (TPSA) is 21.3 Å². The van der Waals surface area contributed by atoms with Crippen molar-refractivity contribution < 1.29 is 4.74 Å². The van der Waals surface area contributed by atoms with Crippen LogP contribution in [-0.2, 0) is 4.74 Å². The molecule has 0 atom stereocenters. The van der Waals surface area contributed by atoms with Crippen molar-refractivity contribution in [3.05, 3.63) is 29.8 Å². The molecule has 1 aromatic rings. The van der Waals surface area contributed by atoms with Crippen molar-refractivity contribution in [1.29, 1.82) is 0 Å². The summed E-state index contributed by atoms with van der Waals surface area (Å²) in [6.07, 6.45) is 0. The molecule has 2 nitrogen and oxygen atoms in total. The van der Waals surface area contributed by atoms with Crippen molar-refractivity contribution >= 4 is 5.69 Å². The summed E-state index contributed by atoms with van der Waals surface area (Å²) in [5.74, 6) is 0.623. The van der Waals surface area contributed by atoms with Gasteiger partial charge in [-0.2, -0.15) is 0 Å². The van der Waals surface area contributed by atoms with E-state index in [1.807, 2.05) is 7.05 Å². The lowest BCUT2D eigenvalue weighted by molar-refractivity contribution is 0.00844. The maximum atomic E-state index is 5.14. The van der Waals surface area contributed by atoms with Gasteiger partial charge in [0.1, 0.15) is 0 Å². The second-order valence-corrected chi connectivity index (χ2v) is 3.11. The standard InChI is InChI=1S/C10H13NO/c1-11-10-4-2-3-8(5-10)9-6-12-7-9/h2-5,9,11H,6-7H2,1H3. The summed E-state index contributed by atoms with van der Waals surface area (Å²) < 4.78 is 5.14. The van der Waals surface area contributed by atoms with Gasteiger partial charge in [0.2, 0.25) is 0 Å². The molecule has 0 amide bonds. The van der Waals surface area contributed by atoms with Crippen LogP contribution in [0, 0.1) is 0 Å².